The van der Waals surface area contributed by atoms with Crippen LogP contribution >= 0.6 is 0 Å². The zero-order valence-electron chi connectivity index (χ0n) is 15.3. The lowest BCUT2D eigenvalue weighted by molar-refractivity contribution is -0.143. The number of nitrogens with zero attached hydrogens (tertiary/aromatic N) is 2. The maximum absolute atomic E-state index is 12.3. The Balaban J connectivity index is 1.58. The van der Waals surface area contributed by atoms with Gasteiger partial charge in [-0.25, -0.2) is 0 Å². The fourth-order valence-electron chi connectivity index (χ4n) is 2.81. The van der Waals surface area contributed by atoms with Gasteiger partial charge < -0.3 is 19.2 Å². The van der Waals surface area contributed by atoms with Crippen molar-refractivity contribution in [3.63, 3.8) is 0 Å². The van der Waals surface area contributed by atoms with Crippen molar-refractivity contribution in [2.75, 3.05) is 13.2 Å². The SMILES string of the molecule is CCOc1ccccc1C(=O)NCC(=O)OCc1cn2ccccc2c1C#N. The number of amides is 1. The first kappa shape index (κ1) is 19.0. The van der Waals surface area contributed by atoms with Gasteiger partial charge in [-0.2, -0.15) is 5.26 Å². The van der Waals surface area contributed by atoms with Crippen LogP contribution in [-0.2, 0) is 16.1 Å². The average Bonchev–Trinajstić information content (AvgIpc) is 3.08. The Morgan fingerprint density at radius 1 is 1.18 bits per heavy atom. The molecule has 0 spiro atoms. The molecule has 1 aromatic carbocycles. The summed E-state index contributed by atoms with van der Waals surface area (Å²) in [6.07, 6.45) is 3.57. The van der Waals surface area contributed by atoms with E-state index in [1.54, 1.807) is 34.9 Å². The van der Waals surface area contributed by atoms with E-state index in [-0.39, 0.29) is 13.2 Å². The van der Waals surface area contributed by atoms with Gasteiger partial charge in [-0.05, 0) is 31.2 Å². The van der Waals surface area contributed by atoms with Crippen LogP contribution in [0.1, 0.15) is 28.4 Å². The molecule has 1 N–H and O–H groups in total. The van der Waals surface area contributed by atoms with E-state index in [0.717, 1.165) is 5.52 Å². The molecule has 0 fully saturated rings. The van der Waals surface area contributed by atoms with Crippen LogP contribution in [0.4, 0.5) is 0 Å². The highest BCUT2D eigenvalue weighted by Gasteiger charge is 2.15. The van der Waals surface area contributed by atoms with E-state index in [4.69, 9.17) is 9.47 Å². The zero-order valence-corrected chi connectivity index (χ0v) is 15.3. The molecule has 2 aromatic heterocycles. The van der Waals surface area contributed by atoms with E-state index in [2.05, 4.69) is 11.4 Å². The summed E-state index contributed by atoms with van der Waals surface area (Å²) < 4.78 is 12.4. The van der Waals surface area contributed by atoms with Crippen molar-refractivity contribution in [3.05, 3.63) is 71.5 Å². The summed E-state index contributed by atoms with van der Waals surface area (Å²) in [7, 11) is 0. The van der Waals surface area contributed by atoms with E-state index in [1.807, 2.05) is 31.3 Å². The smallest absolute Gasteiger partial charge is 0.325 e. The summed E-state index contributed by atoms with van der Waals surface area (Å²) in [5.41, 5.74) is 2.16. The first-order valence-corrected chi connectivity index (χ1v) is 8.78. The zero-order chi connectivity index (χ0) is 19.9. The molecule has 3 aromatic rings. The fraction of sp³-hybridized carbons (Fsp3) is 0.190. The number of hydrogen-bond donors (Lipinski definition) is 1. The molecule has 28 heavy (non-hydrogen) atoms. The van der Waals surface area contributed by atoms with Gasteiger partial charge >= 0.3 is 5.97 Å². The molecule has 1 amide bonds. The van der Waals surface area contributed by atoms with Crippen LogP contribution in [0, 0.1) is 11.3 Å². The van der Waals surface area contributed by atoms with Gasteiger partial charge in [-0.1, -0.05) is 18.2 Å². The van der Waals surface area contributed by atoms with Gasteiger partial charge in [0.15, 0.2) is 0 Å². The van der Waals surface area contributed by atoms with Crippen molar-refractivity contribution >= 4 is 17.4 Å². The molecule has 0 aliphatic carbocycles. The summed E-state index contributed by atoms with van der Waals surface area (Å²) >= 11 is 0. The standard InChI is InChI=1S/C21H19N3O4/c1-2-27-19-9-4-3-7-16(19)21(26)23-12-20(25)28-14-15-13-24-10-6-5-8-18(24)17(15)11-22/h3-10,13H,2,12,14H2,1H3,(H,23,26). The molecule has 0 aliphatic heterocycles. The highest BCUT2D eigenvalue weighted by atomic mass is 16.5. The van der Waals surface area contributed by atoms with E-state index in [0.29, 0.717) is 29.0 Å². The Morgan fingerprint density at radius 2 is 1.96 bits per heavy atom. The molecule has 142 valence electrons. The van der Waals surface area contributed by atoms with Crippen molar-refractivity contribution < 1.29 is 19.1 Å². The lowest BCUT2D eigenvalue weighted by Gasteiger charge is -2.10. The predicted octanol–water partition coefficient (Wildman–Crippen LogP) is 2.68. The monoisotopic (exact) mass is 377 g/mol. The number of benzene rings is 1. The number of aromatic nitrogens is 1. The van der Waals surface area contributed by atoms with Gasteiger partial charge in [0.25, 0.3) is 5.91 Å². The number of nitrogens with one attached hydrogen (secondary N) is 1. The molecule has 0 bridgehead atoms. The summed E-state index contributed by atoms with van der Waals surface area (Å²) in [6.45, 7) is 1.93. The number of fused-ring (bicyclic) bond motifs is 1. The van der Waals surface area contributed by atoms with Crippen molar-refractivity contribution in [2.45, 2.75) is 13.5 Å². The van der Waals surface area contributed by atoms with Gasteiger partial charge in [0.1, 0.15) is 25.0 Å². The Bertz CT molecular complexity index is 1050. The Hall–Kier alpha value is -3.79. The second-order valence-electron chi connectivity index (χ2n) is 5.91. The lowest BCUT2D eigenvalue weighted by Crippen LogP contribution is -2.30. The van der Waals surface area contributed by atoms with Crippen molar-refractivity contribution in [3.8, 4) is 11.8 Å². The molecule has 0 saturated carbocycles. The quantitative estimate of drug-likeness (QED) is 0.639. The van der Waals surface area contributed by atoms with Gasteiger partial charge in [-0.3, -0.25) is 9.59 Å². The molecule has 3 rings (SSSR count). The molecule has 0 radical (unpaired) electrons. The van der Waals surface area contributed by atoms with Crippen molar-refractivity contribution in [1.29, 1.82) is 5.26 Å². The summed E-state index contributed by atoms with van der Waals surface area (Å²) in [5.74, 6) is -0.565. The molecule has 7 heteroatoms. The Kier molecular flexibility index (Phi) is 5.92. The molecule has 0 atom stereocenters. The van der Waals surface area contributed by atoms with Gasteiger partial charge in [0, 0.05) is 18.0 Å². The summed E-state index contributed by atoms with van der Waals surface area (Å²) in [5, 5.41) is 11.9. The number of ether oxygens (including phenoxy) is 2. The third kappa shape index (κ3) is 4.13. The van der Waals surface area contributed by atoms with E-state index in [1.165, 1.54) is 0 Å². The third-order valence-electron chi connectivity index (χ3n) is 4.09. The maximum Gasteiger partial charge on any atom is 0.325 e. The van der Waals surface area contributed by atoms with Crippen LogP contribution in [0.3, 0.4) is 0 Å². The molecular formula is C21H19N3O4. The lowest BCUT2D eigenvalue weighted by atomic mass is 10.2. The summed E-state index contributed by atoms with van der Waals surface area (Å²) in [6, 6.07) is 14.4. The normalized spacial score (nSPS) is 10.3. The van der Waals surface area contributed by atoms with Crippen LogP contribution in [0.5, 0.6) is 5.75 Å². The minimum absolute atomic E-state index is 0.0468. The number of rotatable bonds is 7. The average molecular weight is 377 g/mol. The fourth-order valence-corrected chi connectivity index (χ4v) is 2.81. The predicted molar refractivity (Wildman–Crippen MR) is 102 cm³/mol. The molecule has 0 aliphatic rings. The number of hydrogen-bond acceptors (Lipinski definition) is 5. The number of nitriles is 1. The van der Waals surface area contributed by atoms with Crippen LogP contribution in [-0.4, -0.2) is 29.4 Å². The summed E-state index contributed by atoms with van der Waals surface area (Å²) in [4.78, 5) is 24.3. The number of esters is 1. The minimum Gasteiger partial charge on any atom is -0.493 e. The number of para-hydroxylation sites is 1. The van der Waals surface area contributed by atoms with Crippen molar-refractivity contribution in [1.82, 2.24) is 9.72 Å². The second kappa shape index (κ2) is 8.73. The number of carbonyl (C=O) groups is 2. The second-order valence-corrected chi connectivity index (χ2v) is 5.91. The van der Waals surface area contributed by atoms with E-state index < -0.39 is 11.9 Å². The molecule has 0 unspecified atom stereocenters. The largest absolute Gasteiger partial charge is 0.493 e. The molecule has 2 heterocycles. The number of pyridine rings is 1. The molecule has 0 saturated heterocycles. The molecule has 7 nitrogen and oxygen atoms in total. The highest BCUT2D eigenvalue weighted by Crippen LogP contribution is 2.19. The van der Waals surface area contributed by atoms with Crippen LogP contribution < -0.4 is 10.1 Å². The minimum atomic E-state index is -0.596. The van der Waals surface area contributed by atoms with Crippen molar-refractivity contribution in [2.24, 2.45) is 0 Å². The topological polar surface area (TPSA) is 92.8 Å². The molecular weight excluding hydrogens is 358 g/mol. The van der Waals surface area contributed by atoms with Gasteiger partial charge in [-0.15, -0.1) is 0 Å². The Morgan fingerprint density at radius 3 is 2.75 bits per heavy atom. The number of carbonyl (C=O) groups excluding carboxylic acids is 2. The van der Waals surface area contributed by atoms with Crippen LogP contribution in [0.2, 0.25) is 0 Å². The van der Waals surface area contributed by atoms with E-state index >= 15 is 0 Å². The first-order valence-electron chi connectivity index (χ1n) is 8.78. The van der Waals surface area contributed by atoms with E-state index in [9.17, 15) is 14.9 Å². The van der Waals surface area contributed by atoms with Gasteiger partial charge in [0.05, 0.1) is 23.3 Å². The van der Waals surface area contributed by atoms with Crippen LogP contribution in [0.25, 0.3) is 5.52 Å². The van der Waals surface area contributed by atoms with Crippen LogP contribution in [0.15, 0.2) is 54.9 Å². The maximum atomic E-state index is 12.3. The third-order valence-corrected chi connectivity index (χ3v) is 4.09. The van der Waals surface area contributed by atoms with Gasteiger partial charge in [0.2, 0.25) is 0 Å². The Labute approximate surface area is 162 Å². The highest BCUT2D eigenvalue weighted by molar-refractivity contribution is 5.98. The first-order chi connectivity index (χ1) is 13.6.